The first-order valence-corrected chi connectivity index (χ1v) is 15.0. The Morgan fingerprint density at radius 1 is 1.10 bits per heavy atom. The number of fused-ring (bicyclic) bond motifs is 3. The van der Waals surface area contributed by atoms with Gasteiger partial charge in [0.15, 0.2) is 9.84 Å². The smallest absolute Gasteiger partial charge is 0.202 e. The van der Waals surface area contributed by atoms with Crippen LogP contribution < -0.4 is 10.1 Å². The third-order valence-corrected chi connectivity index (χ3v) is 9.01. The average molecular weight is 553 g/mol. The molecule has 2 aromatic carbocycles. The van der Waals surface area contributed by atoms with Gasteiger partial charge in [0.05, 0.1) is 61.1 Å². The summed E-state index contributed by atoms with van der Waals surface area (Å²) < 4.78 is 45.2. The van der Waals surface area contributed by atoms with Crippen LogP contribution in [0.2, 0.25) is 0 Å². The van der Waals surface area contributed by atoms with Crippen molar-refractivity contribution in [2.45, 2.75) is 30.2 Å². The van der Waals surface area contributed by atoms with Crippen LogP contribution >= 0.6 is 0 Å². The summed E-state index contributed by atoms with van der Waals surface area (Å²) in [5, 5.41) is 7.93. The number of benzene rings is 2. The van der Waals surface area contributed by atoms with Crippen molar-refractivity contribution < 1.29 is 27.4 Å². The average Bonchev–Trinajstić information content (AvgIpc) is 3.33. The van der Waals surface area contributed by atoms with E-state index in [1.54, 1.807) is 22.9 Å². The van der Waals surface area contributed by atoms with Crippen molar-refractivity contribution >= 4 is 15.6 Å². The predicted octanol–water partition coefficient (Wildman–Crippen LogP) is 2.23. The van der Waals surface area contributed by atoms with Gasteiger partial charge >= 0.3 is 0 Å². The van der Waals surface area contributed by atoms with Crippen molar-refractivity contribution in [2.75, 3.05) is 52.7 Å². The number of sulfone groups is 1. The van der Waals surface area contributed by atoms with E-state index in [1.807, 2.05) is 19.1 Å². The molecular weight excluding hydrogens is 520 g/mol. The quantitative estimate of drug-likeness (QED) is 0.441. The van der Waals surface area contributed by atoms with Crippen molar-refractivity contribution in [3.63, 3.8) is 0 Å². The lowest BCUT2D eigenvalue weighted by atomic mass is 10.0. The predicted molar refractivity (Wildman–Crippen MR) is 144 cm³/mol. The van der Waals surface area contributed by atoms with E-state index in [0.29, 0.717) is 42.3 Å². The van der Waals surface area contributed by atoms with Crippen LogP contribution in [0.15, 0.2) is 47.4 Å². The second-order valence-corrected chi connectivity index (χ2v) is 11.9. The maximum absolute atomic E-state index is 13.6. The van der Waals surface area contributed by atoms with Crippen LogP contribution in [0.5, 0.6) is 5.75 Å². The van der Waals surface area contributed by atoms with Crippen LogP contribution in [-0.2, 0) is 31.6 Å². The maximum Gasteiger partial charge on any atom is 0.202 e. The number of morpholine rings is 2. The highest BCUT2D eigenvalue weighted by Crippen LogP contribution is 2.42. The number of carbonyl (C=O) groups is 1. The Labute approximate surface area is 227 Å². The standard InChI is InChI=1S/C28H32N4O6S/c1-2-38-21-7-8-22-25(15-21)39(34,35)18-23-26(28(33)24-17-37-12-9-29-24)30-32(27(22)23)20-5-3-19(4-6-20)16-31-10-13-36-14-11-31/h3-8,15,24,29H,2,9-14,16-18H2,1H3. The highest BCUT2D eigenvalue weighted by atomic mass is 32.2. The zero-order chi connectivity index (χ0) is 27.0. The number of nitrogens with one attached hydrogen (secondary N) is 1. The number of hydrogen-bond donors (Lipinski definition) is 1. The van der Waals surface area contributed by atoms with Crippen LogP contribution in [0.25, 0.3) is 16.9 Å². The lowest BCUT2D eigenvalue weighted by molar-refractivity contribution is 0.0342. The molecule has 6 rings (SSSR count). The Morgan fingerprint density at radius 3 is 2.62 bits per heavy atom. The van der Waals surface area contributed by atoms with Crippen LogP contribution in [0.3, 0.4) is 0 Å². The minimum atomic E-state index is -3.73. The molecule has 1 N–H and O–H groups in total. The summed E-state index contributed by atoms with van der Waals surface area (Å²) in [6.07, 6.45) is 0. The van der Waals surface area contributed by atoms with Gasteiger partial charge in [-0.25, -0.2) is 13.1 Å². The largest absolute Gasteiger partial charge is 0.494 e. The Kier molecular flexibility index (Phi) is 7.25. The Morgan fingerprint density at radius 2 is 1.90 bits per heavy atom. The van der Waals surface area contributed by atoms with E-state index in [2.05, 4.69) is 22.3 Å². The molecule has 0 bridgehead atoms. The molecule has 1 unspecified atom stereocenters. The van der Waals surface area contributed by atoms with Gasteiger partial charge in [-0.15, -0.1) is 0 Å². The summed E-state index contributed by atoms with van der Waals surface area (Å²) in [5.74, 6) is -0.0887. The molecule has 3 aromatic rings. The van der Waals surface area contributed by atoms with E-state index in [1.165, 1.54) is 0 Å². The molecule has 39 heavy (non-hydrogen) atoms. The van der Waals surface area contributed by atoms with Gasteiger partial charge in [0.2, 0.25) is 5.78 Å². The Bertz CT molecular complexity index is 1470. The topological polar surface area (TPSA) is 112 Å². The van der Waals surface area contributed by atoms with Crippen molar-refractivity contribution in [3.8, 4) is 22.7 Å². The molecule has 3 aliphatic heterocycles. The van der Waals surface area contributed by atoms with Crippen molar-refractivity contribution in [1.29, 1.82) is 0 Å². The normalized spacial score (nSPS) is 20.7. The molecule has 1 aromatic heterocycles. The molecule has 206 valence electrons. The van der Waals surface area contributed by atoms with Gasteiger partial charge in [-0.1, -0.05) is 12.1 Å². The lowest BCUT2D eigenvalue weighted by Gasteiger charge is -2.26. The number of nitrogens with zero attached hydrogens (tertiary/aromatic N) is 3. The van der Waals surface area contributed by atoms with Gasteiger partial charge in [-0.05, 0) is 42.8 Å². The van der Waals surface area contributed by atoms with Gasteiger partial charge in [0.1, 0.15) is 11.4 Å². The number of aromatic nitrogens is 2. The molecule has 0 saturated carbocycles. The molecule has 0 amide bonds. The summed E-state index contributed by atoms with van der Waals surface area (Å²) in [5.41, 5.74) is 3.61. The van der Waals surface area contributed by atoms with E-state index in [4.69, 9.17) is 19.3 Å². The Hall–Kier alpha value is -3.09. The Balaban J connectivity index is 1.44. The summed E-state index contributed by atoms with van der Waals surface area (Å²) >= 11 is 0. The highest BCUT2D eigenvalue weighted by molar-refractivity contribution is 7.91. The molecule has 0 radical (unpaired) electrons. The molecule has 1 atom stereocenters. The van der Waals surface area contributed by atoms with Crippen LogP contribution in [0.1, 0.15) is 28.5 Å². The number of ether oxygens (including phenoxy) is 3. The monoisotopic (exact) mass is 552 g/mol. The van der Waals surface area contributed by atoms with E-state index < -0.39 is 15.9 Å². The molecule has 4 heterocycles. The molecule has 0 spiro atoms. The molecule has 0 aliphatic carbocycles. The van der Waals surface area contributed by atoms with Crippen LogP contribution in [-0.4, -0.2) is 87.6 Å². The highest BCUT2D eigenvalue weighted by Gasteiger charge is 2.38. The van der Waals surface area contributed by atoms with Crippen molar-refractivity contribution in [1.82, 2.24) is 20.0 Å². The number of hydrogen-bond acceptors (Lipinski definition) is 9. The summed E-state index contributed by atoms with van der Waals surface area (Å²) in [4.78, 5) is 16.1. The van der Waals surface area contributed by atoms with Crippen LogP contribution in [0.4, 0.5) is 0 Å². The van der Waals surface area contributed by atoms with Gasteiger partial charge in [-0.3, -0.25) is 9.69 Å². The first kappa shape index (κ1) is 26.1. The second-order valence-electron chi connectivity index (χ2n) is 9.94. The number of Topliss-reactive ketones (excluding diaryl/α,β-unsaturated/α-hetero) is 1. The van der Waals surface area contributed by atoms with E-state index in [-0.39, 0.29) is 28.7 Å². The van der Waals surface area contributed by atoms with Gasteiger partial charge < -0.3 is 19.5 Å². The van der Waals surface area contributed by atoms with Crippen LogP contribution in [0, 0.1) is 0 Å². The number of rotatable bonds is 7. The first-order valence-electron chi connectivity index (χ1n) is 13.3. The summed E-state index contributed by atoms with van der Waals surface area (Å²) in [6, 6.07) is 12.5. The molecule has 3 aliphatic rings. The van der Waals surface area contributed by atoms with Crippen molar-refractivity contribution in [3.05, 3.63) is 59.3 Å². The van der Waals surface area contributed by atoms with Crippen molar-refractivity contribution in [2.24, 2.45) is 0 Å². The fourth-order valence-electron chi connectivity index (χ4n) is 5.39. The third kappa shape index (κ3) is 5.12. The zero-order valence-corrected chi connectivity index (χ0v) is 22.7. The molecule has 10 nitrogen and oxygen atoms in total. The minimum Gasteiger partial charge on any atom is -0.494 e. The lowest BCUT2D eigenvalue weighted by Crippen LogP contribution is -2.46. The number of carbonyl (C=O) groups excluding carboxylic acids is 1. The first-order chi connectivity index (χ1) is 18.9. The minimum absolute atomic E-state index is 0.161. The molecule has 2 saturated heterocycles. The zero-order valence-electron chi connectivity index (χ0n) is 21.9. The summed E-state index contributed by atoms with van der Waals surface area (Å²) in [7, 11) is -3.73. The fourth-order valence-corrected chi connectivity index (χ4v) is 6.99. The molecule has 11 heteroatoms. The number of ketones is 1. The molecule has 2 fully saturated rings. The van der Waals surface area contributed by atoms with Gasteiger partial charge in [0, 0.05) is 37.3 Å². The fraction of sp³-hybridized carbons (Fsp3) is 0.429. The van der Waals surface area contributed by atoms with E-state index in [9.17, 15) is 13.2 Å². The van der Waals surface area contributed by atoms with E-state index >= 15 is 0 Å². The van der Waals surface area contributed by atoms with Gasteiger partial charge in [-0.2, -0.15) is 5.10 Å². The molecular formula is C28H32N4O6S. The van der Waals surface area contributed by atoms with E-state index in [0.717, 1.165) is 44.1 Å². The third-order valence-electron chi connectivity index (χ3n) is 7.33. The summed E-state index contributed by atoms with van der Waals surface area (Å²) in [6.45, 7) is 7.66. The van der Waals surface area contributed by atoms with Gasteiger partial charge in [0.25, 0.3) is 0 Å². The SMILES string of the molecule is CCOc1ccc2c(c1)S(=O)(=O)Cc1c(C(=O)C3COCCN3)nn(-c3ccc(CN4CCOCC4)cc3)c1-2. The second kappa shape index (κ2) is 10.8. The maximum atomic E-state index is 13.6.